The van der Waals surface area contributed by atoms with Crippen LogP contribution in [0.5, 0.6) is 0 Å². The van der Waals surface area contributed by atoms with E-state index in [1.165, 1.54) is 6.33 Å². The Labute approximate surface area is 99.1 Å². The zero-order valence-electron chi connectivity index (χ0n) is 9.73. The number of rotatable bonds is 6. The summed E-state index contributed by atoms with van der Waals surface area (Å²) >= 11 is 0. The number of imidazole rings is 1. The van der Waals surface area contributed by atoms with Crippen LogP contribution in [0.25, 0.3) is 11.2 Å². The lowest BCUT2D eigenvalue weighted by molar-refractivity contribution is 0.167. The van der Waals surface area contributed by atoms with Crippen LogP contribution in [-0.4, -0.2) is 39.7 Å². The molecule has 2 aromatic heterocycles. The van der Waals surface area contributed by atoms with Crippen molar-refractivity contribution in [2.45, 2.75) is 6.92 Å². The zero-order valence-corrected chi connectivity index (χ0v) is 9.73. The molecule has 0 amide bonds. The minimum atomic E-state index is 0.588. The van der Waals surface area contributed by atoms with Crippen molar-refractivity contribution < 1.29 is 4.74 Å². The Balaban J connectivity index is 1.86. The van der Waals surface area contributed by atoms with Crippen LogP contribution >= 0.6 is 0 Å². The van der Waals surface area contributed by atoms with E-state index >= 15 is 0 Å². The van der Waals surface area contributed by atoms with Gasteiger partial charge < -0.3 is 15.0 Å². The van der Waals surface area contributed by atoms with Crippen molar-refractivity contribution in [1.29, 1.82) is 0 Å². The number of H-pyrrole nitrogens is 1. The van der Waals surface area contributed by atoms with Gasteiger partial charge in [0.15, 0.2) is 11.5 Å². The molecule has 90 valence electrons. The number of nitrogens with zero attached hydrogens (tertiary/aromatic N) is 3. The van der Waals surface area contributed by atoms with Gasteiger partial charge in [-0.15, -0.1) is 0 Å². The van der Waals surface area contributed by atoms with Crippen LogP contribution in [0.4, 0.5) is 5.82 Å². The van der Waals surface area contributed by atoms with E-state index in [0.717, 1.165) is 16.9 Å². The molecule has 2 N–H and O–H groups in total. The van der Waals surface area contributed by atoms with Gasteiger partial charge in [-0.25, -0.2) is 15.0 Å². The first-order valence-electron chi connectivity index (χ1n) is 5.37. The monoisotopic (exact) mass is 233 g/mol. The Kier molecular flexibility index (Phi) is 3.66. The number of nitrogens with one attached hydrogen (secondary N) is 2. The number of hydrogen-bond acceptors (Lipinski definition) is 5. The topological polar surface area (TPSA) is 75.7 Å². The van der Waals surface area contributed by atoms with E-state index in [1.807, 2.05) is 6.92 Å². The largest absolute Gasteiger partial charge is 0.375 e. The molecule has 0 fully saturated rings. The molecular weight excluding hydrogens is 218 g/mol. The minimum Gasteiger partial charge on any atom is -0.375 e. The van der Waals surface area contributed by atoms with E-state index in [-0.39, 0.29) is 0 Å². The average Bonchev–Trinajstić information content (AvgIpc) is 2.77. The fourth-order valence-electron chi connectivity index (χ4n) is 1.39. The number of aromatic amines is 1. The van der Waals surface area contributed by atoms with Gasteiger partial charge in [0.05, 0.1) is 19.5 Å². The summed E-state index contributed by atoms with van der Waals surface area (Å²) in [5.41, 5.74) is 2.49. The lowest BCUT2D eigenvalue weighted by Gasteiger charge is -2.06. The first-order valence-corrected chi connectivity index (χ1v) is 5.37. The van der Waals surface area contributed by atoms with E-state index in [4.69, 9.17) is 4.74 Å². The van der Waals surface area contributed by atoms with Crippen molar-refractivity contribution >= 4 is 17.0 Å². The van der Waals surface area contributed by atoms with Crippen LogP contribution in [0, 0.1) is 0 Å². The first kappa shape index (κ1) is 11.5. The molecule has 0 aliphatic carbocycles. The molecule has 0 saturated carbocycles. The van der Waals surface area contributed by atoms with Crippen molar-refractivity contribution in [3.63, 3.8) is 0 Å². The van der Waals surface area contributed by atoms with Gasteiger partial charge in [-0.2, -0.15) is 0 Å². The molecule has 17 heavy (non-hydrogen) atoms. The molecular formula is C11H15N5O. The standard InChI is InChI=1S/C11H15N5O/c1-8(2)5-17-4-3-12-10-9-11(14-6-13-9)16-7-15-10/h6-7H,1,3-5H2,2H3,(H2,12,13,14,15,16). The molecule has 0 radical (unpaired) electrons. The van der Waals surface area contributed by atoms with E-state index in [0.29, 0.717) is 25.4 Å². The van der Waals surface area contributed by atoms with Crippen molar-refractivity contribution in [1.82, 2.24) is 19.9 Å². The molecule has 0 atom stereocenters. The highest BCUT2D eigenvalue weighted by Gasteiger charge is 2.04. The summed E-state index contributed by atoms with van der Waals surface area (Å²) in [6.45, 7) is 7.57. The third kappa shape index (κ3) is 3.01. The Bertz CT molecular complexity index is 507. The van der Waals surface area contributed by atoms with E-state index in [1.54, 1.807) is 6.33 Å². The molecule has 2 rings (SSSR count). The van der Waals surface area contributed by atoms with Crippen LogP contribution in [0.15, 0.2) is 24.8 Å². The maximum absolute atomic E-state index is 5.38. The second kappa shape index (κ2) is 5.40. The molecule has 2 heterocycles. The molecule has 0 aliphatic rings. The quantitative estimate of drug-likeness (QED) is 0.582. The average molecular weight is 233 g/mol. The van der Waals surface area contributed by atoms with Crippen molar-refractivity contribution in [3.8, 4) is 0 Å². The molecule has 2 aromatic rings. The Morgan fingerprint density at radius 2 is 2.35 bits per heavy atom. The fraction of sp³-hybridized carbons (Fsp3) is 0.364. The van der Waals surface area contributed by atoms with Crippen molar-refractivity contribution in [2.24, 2.45) is 0 Å². The van der Waals surface area contributed by atoms with Gasteiger partial charge in [0, 0.05) is 6.54 Å². The van der Waals surface area contributed by atoms with Gasteiger partial charge >= 0.3 is 0 Å². The van der Waals surface area contributed by atoms with Crippen LogP contribution in [0.2, 0.25) is 0 Å². The van der Waals surface area contributed by atoms with Crippen LogP contribution in [0.3, 0.4) is 0 Å². The van der Waals surface area contributed by atoms with Crippen molar-refractivity contribution in [3.05, 3.63) is 24.8 Å². The molecule has 0 aliphatic heterocycles. The molecule has 0 spiro atoms. The van der Waals surface area contributed by atoms with Gasteiger partial charge in [-0.05, 0) is 6.92 Å². The third-order valence-electron chi connectivity index (χ3n) is 2.11. The molecule has 0 bridgehead atoms. The Morgan fingerprint density at radius 1 is 1.47 bits per heavy atom. The smallest absolute Gasteiger partial charge is 0.182 e. The lowest BCUT2D eigenvalue weighted by atomic mass is 10.4. The summed E-state index contributed by atoms with van der Waals surface area (Å²) in [4.78, 5) is 15.2. The lowest BCUT2D eigenvalue weighted by Crippen LogP contribution is -2.11. The SMILES string of the molecule is C=C(C)COCCNc1ncnc2nc[nH]c12. The summed E-state index contributed by atoms with van der Waals surface area (Å²) in [6, 6.07) is 0. The van der Waals surface area contributed by atoms with Gasteiger partial charge in [0.25, 0.3) is 0 Å². The maximum atomic E-state index is 5.38. The van der Waals surface area contributed by atoms with Gasteiger partial charge in [-0.3, -0.25) is 0 Å². The van der Waals surface area contributed by atoms with Crippen LogP contribution < -0.4 is 5.32 Å². The summed E-state index contributed by atoms with van der Waals surface area (Å²) in [5.74, 6) is 0.742. The van der Waals surface area contributed by atoms with Crippen LogP contribution in [-0.2, 0) is 4.74 Å². The molecule has 6 heteroatoms. The summed E-state index contributed by atoms with van der Waals surface area (Å²) in [7, 11) is 0. The summed E-state index contributed by atoms with van der Waals surface area (Å²) < 4.78 is 5.38. The van der Waals surface area contributed by atoms with E-state index in [9.17, 15) is 0 Å². The highest BCUT2D eigenvalue weighted by molar-refractivity contribution is 5.81. The highest BCUT2D eigenvalue weighted by atomic mass is 16.5. The predicted octanol–water partition coefficient (Wildman–Crippen LogP) is 1.36. The van der Waals surface area contributed by atoms with Gasteiger partial charge in [0.1, 0.15) is 11.8 Å². The minimum absolute atomic E-state index is 0.588. The highest BCUT2D eigenvalue weighted by Crippen LogP contribution is 2.13. The van der Waals surface area contributed by atoms with Gasteiger partial charge in [0.2, 0.25) is 0 Å². The molecule has 6 nitrogen and oxygen atoms in total. The van der Waals surface area contributed by atoms with E-state index in [2.05, 4.69) is 31.8 Å². The predicted molar refractivity (Wildman–Crippen MR) is 65.8 cm³/mol. The van der Waals surface area contributed by atoms with Crippen LogP contribution in [0.1, 0.15) is 6.92 Å². The number of ether oxygens (including phenoxy) is 1. The summed E-state index contributed by atoms with van der Waals surface area (Å²) in [5, 5.41) is 3.17. The second-order valence-corrected chi connectivity index (χ2v) is 3.76. The normalized spacial score (nSPS) is 10.6. The van der Waals surface area contributed by atoms with Gasteiger partial charge in [-0.1, -0.05) is 12.2 Å². The van der Waals surface area contributed by atoms with Crippen molar-refractivity contribution in [2.75, 3.05) is 25.1 Å². The first-order chi connectivity index (χ1) is 8.27. The maximum Gasteiger partial charge on any atom is 0.182 e. The third-order valence-corrected chi connectivity index (χ3v) is 2.11. The summed E-state index contributed by atoms with van der Waals surface area (Å²) in [6.07, 6.45) is 3.09. The molecule has 0 aromatic carbocycles. The second-order valence-electron chi connectivity index (χ2n) is 3.76. The van der Waals surface area contributed by atoms with E-state index < -0.39 is 0 Å². The number of aromatic nitrogens is 4. The number of fused-ring (bicyclic) bond motifs is 1. The Morgan fingerprint density at radius 3 is 3.18 bits per heavy atom. The Hall–Kier alpha value is -1.95. The number of hydrogen-bond donors (Lipinski definition) is 2. The number of anilines is 1. The zero-order chi connectivity index (χ0) is 12.1. The fourth-order valence-corrected chi connectivity index (χ4v) is 1.39. The molecule has 0 unspecified atom stereocenters. The molecule has 0 saturated heterocycles.